The van der Waals surface area contributed by atoms with Crippen molar-refractivity contribution in [1.82, 2.24) is 4.31 Å². The molecule has 1 atom stereocenters. The first kappa shape index (κ1) is 13.5. The average Bonchev–Trinajstić information content (AvgIpc) is 2.98. The highest BCUT2D eigenvalue weighted by Gasteiger charge is 2.37. The predicted octanol–water partition coefficient (Wildman–Crippen LogP) is 2.43. The van der Waals surface area contributed by atoms with E-state index in [4.69, 9.17) is 5.26 Å². The van der Waals surface area contributed by atoms with Gasteiger partial charge >= 0.3 is 0 Å². The number of nitriles is 1. The van der Waals surface area contributed by atoms with Crippen molar-refractivity contribution in [3.8, 4) is 6.07 Å². The molecule has 18 heavy (non-hydrogen) atoms. The summed E-state index contributed by atoms with van der Waals surface area (Å²) in [6.07, 6.45) is 1.84. The Kier molecular flexibility index (Phi) is 3.76. The molecule has 1 aliphatic rings. The maximum Gasteiger partial charge on any atom is 0.252 e. The highest BCUT2D eigenvalue weighted by molar-refractivity contribution is 7.91. The van der Waals surface area contributed by atoms with Gasteiger partial charge in [0.15, 0.2) is 0 Å². The Balaban J connectivity index is 2.34. The summed E-state index contributed by atoms with van der Waals surface area (Å²) in [6.45, 7) is 4.69. The SMILES string of the molecule is CC(C)C1CCCN1S(=O)(=O)c1ccc(C#N)s1. The Labute approximate surface area is 112 Å². The first-order valence-corrected chi connectivity index (χ1v) is 8.24. The minimum absolute atomic E-state index is 0.0858. The summed E-state index contributed by atoms with van der Waals surface area (Å²) in [6, 6.07) is 5.17. The largest absolute Gasteiger partial charge is 0.252 e. The van der Waals surface area contributed by atoms with Crippen LogP contribution in [-0.2, 0) is 10.0 Å². The van der Waals surface area contributed by atoms with Crippen LogP contribution in [0.4, 0.5) is 0 Å². The summed E-state index contributed by atoms with van der Waals surface area (Å²) in [5.74, 6) is 0.317. The van der Waals surface area contributed by atoms with E-state index in [1.165, 1.54) is 6.07 Å². The zero-order chi connectivity index (χ0) is 13.3. The van der Waals surface area contributed by atoms with Crippen LogP contribution in [0.15, 0.2) is 16.3 Å². The Hall–Kier alpha value is -0.900. The molecule has 0 radical (unpaired) electrons. The standard InChI is InChI=1S/C12H16N2O2S2/c1-9(2)11-4-3-7-14(11)18(15,16)12-6-5-10(8-13)17-12/h5-6,9,11H,3-4,7H2,1-2H3. The van der Waals surface area contributed by atoms with Gasteiger partial charge in [-0.2, -0.15) is 9.57 Å². The molecule has 2 heterocycles. The second kappa shape index (κ2) is 5.00. The van der Waals surface area contributed by atoms with Gasteiger partial charge in [-0.15, -0.1) is 11.3 Å². The van der Waals surface area contributed by atoms with E-state index in [2.05, 4.69) is 0 Å². The smallest absolute Gasteiger partial charge is 0.206 e. The van der Waals surface area contributed by atoms with Gasteiger partial charge in [-0.25, -0.2) is 8.42 Å². The van der Waals surface area contributed by atoms with E-state index in [-0.39, 0.29) is 10.3 Å². The molecule has 2 rings (SSSR count). The zero-order valence-electron chi connectivity index (χ0n) is 10.5. The minimum atomic E-state index is -3.42. The van der Waals surface area contributed by atoms with Crippen molar-refractivity contribution >= 4 is 21.4 Å². The first-order chi connectivity index (χ1) is 8.46. The molecule has 98 valence electrons. The van der Waals surface area contributed by atoms with Crippen molar-refractivity contribution in [3.63, 3.8) is 0 Å². The van der Waals surface area contributed by atoms with E-state index < -0.39 is 10.0 Å². The minimum Gasteiger partial charge on any atom is -0.206 e. The topological polar surface area (TPSA) is 61.2 Å². The monoisotopic (exact) mass is 284 g/mol. The maximum atomic E-state index is 12.5. The van der Waals surface area contributed by atoms with E-state index >= 15 is 0 Å². The lowest BCUT2D eigenvalue weighted by Gasteiger charge is -2.26. The second-order valence-corrected chi connectivity index (χ2v) is 8.00. The van der Waals surface area contributed by atoms with Gasteiger partial charge in [0, 0.05) is 12.6 Å². The molecule has 1 aliphatic heterocycles. The van der Waals surface area contributed by atoms with Gasteiger partial charge in [-0.3, -0.25) is 0 Å². The lowest BCUT2D eigenvalue weighted by atomic mass is 10.0. The molecule has 1 aromatic rings. The van der Waals surface area contributed by atoms with Crippen LogP contribution >= 0.6 is 11.3 Å². The van der Waals surface area contributed by atoms with Crippen molar-refractivity contribution in [1.29, 1.82) is 5.26 Å². The van der Waals surface area contributed by atoms with Crippen LogP contribution in [0.25, 0.3) is 0 Å². The fourth-order valence-corrected chi connectivity index (χ4v) is 5.42. The van der Waals surface area contributed by atoms with Gasteiger partial charge in [0.25, 0.3) is 10.0 Å². The molecule has 1 fully saturated rings. The Bertz CT molecular complexity index is 569. The molecule has 0 N–H and O–H groups in total. The Morgan fingerprint density at radius 2 is 2.22 bits per heavy atom. The molecule has 1 unspecified atom stereocenters. The summed E-state index contributed by atoms with van der Waals surface area (Å²) >= 11 is 1.05. The molecule has 6 heteroatoms. The summed E-state index contributed by atoms with van der Waals surface area (Å²) < 4.78 is 26.9. The molecule has 0 amide bonds. The van der Waals surface area contributed by atoms with Crippen LogP contribution in [0, 0.1) is 17.2 Å². The normalized spacial score (nSPS) is 21.3. The van der Waals surface area contributed by atoms with E-state index in [1.54, 1.807) is 10.4 Å². The maximum absolute atomic E-state index is 12.5. The lowest BCUT2D eigenvalue weighted by Crippen LogP contribution is -2.38. The van der Waals surface area contributed by atoms with Crippen molar-refractivity contribution in [2.45, 2.75) is 36.9 Å². The van der Waals surface area contributed by atoms with Crippen LogP contribution in [0.3, 0.4) is 0 Å². The van der Waals surface area contributed by atoms with Crippen molar-refractivity contribution in [2.75, 3.05) is 6.54 Å². The quantitative estimate of drug-likeness (QED) is 0.856. The second-order valence-electron chi connectivity index (χ2n) is 4.80. The number of hydrogen-bond acceptors (Lipinski definition) is 4. The Morgan fingerprint density at radius 3 is 2.78 bits per heavy atom. The Morgan fingerprint density at radius 1 is 1.50 bits per heavy atom. The molecular weight excluding hydrogens is 268 g/mol. The van der Waals surface area contributed by atoms with Crippen LogP contribution in [0.2, 0.25) is 0 Å². The van der Waals surface area contributed by atoms with Crippen LogP contribution in [-0.4, -0.2) is 25.3 Å². The molecule has 4 nitrogen and oxygen atoms in total. The van der Waals surface area contributed by atoms with Gasteiger partial charge in [0.05, 0.1) is 0 Å². The van der Waals surface area contributed by atoms with Crippen LogP contribution < -0.4 is 0 Å². The van der Waals surface area contributed by atoms with E-state index in [9.17, 15) is 8.42 Å². The molecule has 0 aliphatic carbocycles. The number of rotatable bonds is 3. The van der Waals surface area contributed by atoms with Gasteiger partial charge in [-0.1, -0.05) is 13.8 Å². The molecule has 0 aromatic carbocycles. The molecule has 1 aromatic heterocycles. The third kappa shape index (κ3) is 2.30. The van der Waals surface area contributed by atoms with Crippen molar-refractivity contribution in [3.05, 3.63) is 17.0 Å². The fourth-order valence-electron chi connectivity index (χ4n) is 2.36. The fraction of sp³-hybridized carbons (Fsp3) is 0.583. The summed E-state index contributed by atoms with van der Waals surface area (Å²) in [5.41, 5.74) is 0. The average molecular weight is 284 g/mol. The molecule has 0 bridgehead atoms. The third-order valence-electron chi connectivity index (χ3n) is 3.27. The molecule has 1 saturated heterocycles. The summed E-state index contributed by atoms with van der Waals surface area (Å²) in [4.78, 5) is 0.439. The highest BCUT2D eigenvalue weighted by Crippen LogP contribution is 2.32. The highest BCUT2D eigenvalue weighted by atomic mass is 32.2. The lowest BCUT2D eigenvalue weighted by molar-refractivity contribution is 0.316. The van der Waals surface area contributed by atoms with Gasteiger partial charge < -0.3 is 0 Å². The van der Waals surface area contributed by atoms with E-state index in [1.807, 2.05) is 19.9 Å². The number of hydrogen-bond donors (Lipinski definition) is 0. The van der Waals surface area contributed by atoms with Gasteiger partial charge in [0.2, 0.25) is 0 Å². The summed E-state index contributed by atoms with van der Waals surface area (Å²) in [5, 5.41) is 8.77. The van der Waals surface area contributed by atoms with Crippen molar-refractivity contribution in [2.24, 2.45) is 5.92 Å². The zero-order valence-corrected chi connectivity index (χ0v) is 12.1. The molecule has 0 saturated carbocycles. The van der Waals surface area contributed by atoms with Gasteiger partial charge in [0.1, 0.15) is 15.2 Å². The van der Waals surface area contributed by atoms with Crippen molar-refractivity contribution < 1.29 is 8.42 Å². The number of thiophene rings is 1. The number of sulfonamides is 1. The first-order valence-electron chi connectivity index (χ1n) is 5.98. The predicted molar refractivity (Wildman–Crippen MR) is 70.8 cm³/mol. The van der Waals surface area contributed by atoms with Crippen LogP contribution in [0.5, 0.6) is 0 Å². The summed E-state index contributed by atoms with van der Waals surface area (Å²) in [7, 11) is -3.42. The van der Waals surface area contributed by atoms with Crippen LogP contribution in [0.1, 0.15) is 31.6 Å². The van der Waals surface area contributed by atoms with E-state index in [0.29, 0.717) is 17.3 Å². The van der Waals surface area contributed by atoms with Gasteiger partial charge in [-0.05, 0) is 30.9 Å². The number of nitrogens with zero attached hydrogens (tertiary/aromatic N) is 2. The molecular formula is C12H16N2O2S2. The third-order valence-corrected chi connectivity index (χ3v) is 6.65. The van der Waals surface area contributed by atoms with E-state index in [0.717, 1.165) is 24.2 Å². The molecule has 0 spiro atoms.